The summed E-state index contributed by atoms with van der Waals surface area (Å²) in [6, 6.07) is 0. The maximum absolute atomic E-state index is 10.5. The third-order valence-corrected chi connectivity index (χ3v) is 2.57. The van der Waals surface area contributed by atoms with Crippen LogP contribution in [-0.2, 0) is 19.4 Å². The van der Waals surface area contributed by atoms with E-state index in [0.29, 0.717) is 19.3 Å². The number of aliphatic carboxylic acids is 1. The molecule has 0 heterocycles. The molecule has 0 saturated carbocycles. The molecule has 0 aliphatic rings. The Kier molecular flexibility index (Phi) is 7.27. The quantitative estimate of drug-likeness (QED) is 0.606. The molecule has 0 amide bonds. The minimum Gasteiger partial charge on any atom is -0.481 e. The van der Waals surface area contributed by atoms with E-state index >= 15 is 0 Å². The second-order valence-electron chi connectivity index (χ2n) is 3.57. The summed E-state index contributed by atoms with van der Waals surface area (Å²) in [5.41, 5.74) is 0. The van der Waals surface area contributed by atoms with E-state index in [2.05, 4.69) is 4.18 Å². The minimum absolute atomic E-state index is 0.0303. The van der Waals surface area contributed by atoms with E-state index in [1.54, 1.807) is 0 Å². The van der Waals surface area contributed by atoms with Crippen molar-refractivity contribution in [3.63, 3.8) is 0 Å². The molecule has 0 spiro atoms. The summed E-state index contributed by atoms with van der Waals surface area (Å²) >= 11 is 0. The first-order chi connectivity index (χ1) is 7.35. The second-order valence-corrected chi connectivity index (χ2v) is 4.62. The molecule has 0 aromatic rings. The Bertz CT molecular complexity index is 297. The molecule has 2 N–H and O–H groups in total. The van der Waals surface area contributed by atoms with Gasteiger partial charge in [-0.15, -0.1) is 0 Å². The largest absolute Gasteiger partial charge is 0.481 e. The van der Waals surface area contributed by atoms with Gasteiger partial charge in [0.2, 0.25) is 0 Å². The van der Waals surface area contributed by atoms with E-state index < -0.39 is 22.5 Å². The lowest BCUT2D eigenvalue weighted by Crippen LogP contribution is -2.18. The number of carboxylic acids is 1. The lowest BCUT2D eigenvalue weighted by atomic mass is 10.1. The minimum atomic E-state index is -4.45. The van der Waals surface area contributed by atoms with Crippen LogP contribution in [-0.4, -0.2) is 30.2 Å². The molecular weight excluding hydrogens is 236 g/mol. The van der Waals surface area contributed by atoms with E-state index in [9.17, 15) is 13.2 Å². The van der Waals surface area contributed by atoms with Crippen LogP contribution in [0.1, 0.15) is 45.4 Å². The first-order valence-electron chi connectivity index (χ1n) is 5.22. The fraction of sp³-hybridized carbons (Fsp3) is 0.889. The van der Waals surface area contributed by atoms with Gasteiger partial charge in [-0.05, 0) is 19.3 Å². The lowest BCUT2D eigenvalue weighted by Gasteiger charge is -2.14. The Morgan fingerprint density at radius 2 is 1.88 bits per heavy atom. The van der Waals surface area contributed by atoms with Gasteiger partial charge < -0.3 is 5.11 Å². The highest BCUT2D eigenvalue weighted by molar-refractivity contribution is 7.80. The Morgan fingerprint density at radius 1 is 1.31 bits per heavy atom. The van der Waals surface area contributed by atoms with Crippen molar-refractivity contribution in [2.24, 2.45) is 0 Å². The summed E-state index contributed by atoms with van der Waals surface area (Å²) in [5, 5.41) is 8.43. The van der Waals surface area contributed by atoms with Crippen LogP contribution >= 0.6 is 0 Å². The zero-order valence-electron chi connectivity index (χ0n) is 9.26. The third-order valence-electron chi connectivity index (χ3n) is 2.05. The van der Waals surface area contributed by atoms with Gasteiger partial charge in [-0.1, -0.05) is 19.8 Å². The molecule has 6 nitrogen and oxygen atoms in total. The summed E-state index contributed by atoms with van der Waals surface area (Å²) in [5.74, 6) is -0.930. The van der Waals surface area contributed by atoms with E-state index in [-0.39, 0.29) is 6.42 Å². The van der Waals surface area contributed by atoms with E-state index in [1.807, 2.05) is 6.92 Å². The second kappa shape index (κ2) is 7.59. The first kappa shape index (κ1) is 15.3. The van der Waals surface area contributed by atoms with Crippen LogP contribution in [0.3, 0.4) is 0 Å². The summed E-state index contributed by atoms with van der Waals surface area (Å²) in [6.07, 6.45) is 2.13. The van der Waals surface area contributed by atoms with Gasteiger partial charge in [-0.2, -0.15) is 8.42 Å². The average molecular weight is 254 g/mol. The molecule has 0 radical (unpaired) electrons. The fourth-order valence-corrected chi connectivity index (χ4v) is 1.86. The molecule has 0 aromatic carbocycles. The highest BCUT2D eigenvalue weighted by Gasteiger charge is 2.16. The molecule has 1 atom stereocenters. The van der Waals surface area contributed by atoms with Gasteiger partial charge in [0.1, 0.15) is 0 Å². The van der Waals surface area contributed by atoms with Crippen molar-refractivity contribution in [1.29, 1.82) is 0 Å². The maximum atomic E-state index is 10.5. The zero-order chi connectivity index (χ0) is 12.6. The number of hydrogen-bond donors (Lipinski definition) is 2. The van der Waals surface area contributed by atoms with Crippen LogP contribution < -0.4 is 0 Å². The standard InChI is InChI=1S/C9H18O6S/c1-2-3-5-8(15-16(12,13)14)6-4-7-9(10)11/h8H,2-7H2,1H3,(H,10,11)(H,12,13,14). The lowest BCUT2D eigenvalue weighted by molar-refractivity contribution is -0.137. The highest BCUT2D eigenvalue weighted by atomic mass is 32.3. The molecule has 0 saturated heterocycles. The van der Waals surface area contributed by atoms with Crippen molar-refractivity contribution in [3.05, 3.63) is 0 Å². The van der Waals surface area contributed by atoms with Gasteiger partial charge in [0, 0.05) is 6.42 Å². The van der Waals surface area contributed by atoms with Crippen molar-refractivity contribution in [3.8, 4) is 0 Å². The SMILES string of the molecule is CCCCC(CCCC(=O)O)OS(=O)(=O)O. The van der Waals surface area contributed by atoms with E-state index in [1.165, 1.54) is 0 Å². The Morgan fingerprint density at radius 3 is 2.31 bits per heavy atom. The molecule has 96 valence electrons. The molecule has 0 aliphatic heterocycles. The topological polar surface area (TPSA) is 101 Å². The summed E-state index contributed by atoms with van der Waals surface area (Å²) in [6.45, 7) is 1.95. The Balaban J connectivity index is 4.05. The molecule has 1 unspecified atom stereocenters. The summed E-state index contributed by atoms with van der Waals surface area (Å²) in [7, 11) is -4.45. The van der Waals surface area contributed by atoms with Gasteiger partial charge in [0.25, 0.3) is 0 Å². The van der Waals surface area contributed by atoms with Crippen LogP contribution in [0.25, 0.3) is 0 Å². The van der Waals surface area contributed by atoms with Crippen LogP contribution in [0, 0.1) is 0 Å². The van der Waals surface area contributed by atoms with Crippen molar-refractivity contribution < 1.29 is 27.1 Å². The van der Waals surface area contributed by atoms with Crippen LogP contribution in [0.15, 0.2) is 0 Å². The molecule has 16 heavy (non-hydrogen) atoms. The molecule has 7 heteroatoms. The Hall–Kier alpha value is -0.660. The van der Waals surface area contributed by atoms with E-state index in [4.69, 9.17) is 9.66 Å². The van der Waals surface area contributed by atoms with Crippen molar-refractivity contribution in [2.75, 3.05) is 0 Å². The monoisotopic (exact) mass is 254 g/mol. The van der Waals surface area contributed by atoms with Gasteiger partial charge in [0.05, 0.1) is 6.10 Å². The Labute approximate surface area is 95.6 Å². The number of unbranched alkanes of at least 4 members (excludes halogenated alkanes) is 1. The van der Waals surface area contributed by atoms with Gasteiger partial charge >= 0.3 is 16.4 Å². The molecule has 0 aliphatic carbocycles. The van der Waals surface area contributed by atoms with Crippen molar-refractivity contribution in [1.82, 2.24) is 0 Å². The van der Waals surface area contributed by atoms with Gasteiger partial charge in [-0.25, -0.2) is 4.18 Å². The van der Waals surface area contributed by atoms with Crippen LogP contribution in [0.5, 0.6) is 0 Å². The number of carbonyl (C=O) groups is 1. The number of carboxylic acid groups (broad SMARTS) is 1. The predicted molar refractivity (Wildman–Crippen MR) is 57.4 cm³/mol. The van der Waals surface area contributed by atoms with Crippen LogP contribution in [0.4, 0.5) is 0 Å². The molecule has 0 aromatic heterocycles. The predicted octanol–water partition coefficient (Wildman–Crippen LogP) is 1.62. The van der Waals surface area contributed by atoms with Crippen LogP contribution in [0.2, 0.25) is 0 Å². The normalized spacial score (nSPS) is 13.6. The van der Waals surface area contributed by atoms with Crippen molar-refractivity contribution >= 4 is 16.4 Å². The van der Waals surface area contributed by atoms with E-state index in [0.717, 1.165) is 12.8 Å². The third kappa shape index (κ3) is 9.88. The highest BCUT2D eigenvalue weighted by Crippen LogP contribution is 2.14. The summed E-state index contributed by atoms with van der Waals surface area (Å²) in [4.78, 5) is 10.3. The molecule has 0 fully saturated rings. The smallest absolute Gasteiger partial charge is 0.397 e. The maximum Gasteiger partial charge on any atom is 0.397 e. The van der Waals surface area contributed by atoms with Gasteiger partial charge in [0.15, 0.2) is 0 Å². The molecule has 0 bridgehead atoms. The average Bonchev–Trinajstić information content (AvgIpc) is 2.11. The first-order valence-corrected chi connectivity index (χ1v) is 6.59. The zero-order valence-corrected chi connectivity index (χ0v) is 10.1. The van der Waals surface area contributed by atoms with Crippen molar-refractivity contribution in [2.45, 2.75) is 51.6 Å². The number of hydrogen-bond acceptors (Lipinski definition) is 4. The number of rotatable bonds is 9. The van der Waals surface area contributed by atoms with Gasteiger partial charge in [-0.3, -0.25) is 9.35 Å². The summed E-state index contributed by atoms with van der Waals surface area (Å²) < 4.78 is 34.0. The molecule has 0 rings (SSSR count). The fourth-order valence-electron chi connectivity index (χ4n) is 1.33. The molecular formula is C9H18O6S.